The largest absolute Gasteiger partial charge is 0.481 e. The fourth-order valence-corrected chi connectivity index (χ4v) is 5.17. The summed E-state index contributed by atoms with van der Waals surface area (Å²) in [5.41, 5.74) is 4.53. The Morgan fingerprint density at radius 2 is 1.65 bits per heavy atom. The smallest absolute Gasteiger partial charge is 0.407 e. The second-order valence-corrected chi connectivity index (χ2v) is 9.32. The van der Waals surface area contributed by atoms with E-state index < -0.39 is 30.1 Å². The van der Waals surface area contributed by atoms with Gasteiger partial charge in [0.25, 0.3) is 0 Å². The third-order valence-electron chi connectivity index (χ3n) is 7.27. The highest BCUT2D eigenvalue weighted by atomic mass is 16.5. The molecule has 7 nitrogen and oxygen atoms in total. The van der Waals surface area contributed by atoms with Crippen LogP contribution in [0.1, 0.15) is 56.6 Å². The van der Waals surface area contributed by atoms with E-state index in [-0.39, 0.29) is 24.3 Å². The van der Waals surface area contributed by atoms with Gasteiger partial charge in [-0.1, -0.05) is 75.2 Å². The molecule has 0 aromatic heterocycles. The van der Waals surface area contributed by atoms with Gasteiger partial charge in [-0.15, -0.1) is 0 Å². The molecule has 2 aromatic rings. The lowest BCUT2D eigenvalue weighted by Crippen LogP contribution is -2.53. The molecule has 0 bridgehead atoms. The van der Waals surface area contributed by atoms with Gasteiger partial charge in [0.1, 0.15) is 12.6 Å². The van der Waals surface area contributed by atoms with E-state index >= 15 is 0 Å². The molecule has 4 atom stereocenters. The number of nitrogens with one attached hydrogen (secondary N) is 2. The summed E-state index contributed by atoms with van der Waals surface area (Å²) in [6.45, 7) is 4.00. The average Bonchev–Trinajstić information content (AvgIpc) is 3.43. The Morgan fingerprint density at radius 1 is 1.03 bits per heavy atom. The van der Waals surface area contributed by atoms with Crippen LogP contribution in [0.4, 0.5) is 4.79 Å². The summed E-state index contributed by atoms with van der Waals surface area (Å²) in [6.07, 6.45) is 1.96. The molecule has 0 saturated heterocycles. The van der Waals surface area contributed by atoms with Crippen LogP contribution in [0, 0.1) is 11.8 Å². The first-order valence-corrected chi connectivity index (χ1v) is 12.0. The summed E-state index contributed by atoms with van der Waals surface area (Å²) >= 11 is 0. The molecular formula is C27H32N2O5. The van der Waals surface area contributed by atoms with Crippen LogP contribution in [0.15, 0.2) is 48.5 Å². The molecule has 0 heterocycles. The number of ether oxygens (including phenoxy) is 1. The maximum absolute atomic E-state index is 13.0. The summed E-state index contributed by atoms with van der Waals surface area (Å²) in [5.74, 6) is -2.04. The van der Waals surface area contributed by atoms with Crippen molar-refractivity contribution in [3.8, 4) is 11.1 Å². The highest BCUT2D eigenvalue weighted by Crippen LogP contribution is 2.44. The highest BCUT2D eigenvalue weighted by molar-refractivity contribution is 5.87. The minimum atomic E-state index is -0.896. The van der Waals surface area contributed by atoms with Crippen molar-refractivity contribution in [3.05, 3.63) is 59.7 Å². The summed E-state index contributed by atoms with van der Waals surface area (Å²) < 4.78 is 5.62. The SMILES string of the molecule is CCC(C)[C@H](NC(=O)OCC1c2ccccc2-c2ccccc21)C(=O)N[C@H]1CCC[C@H]1C(=O)O. The zero-order chi connectivity index (χ0) is 24.2. The van der Waals surface area contributed by atoms with Crippen LogP contribution in [-0.4, -0.2) is 41.8 Å². The number of carbonyl (C=O) groups excluding carboxylic acids is 2. The van der Waals surface area contributed by atoms with Crippen molar-refractivity contribution in [1.82, 2.24) is 10.6 Å². The molecule has 1 fully saturated rings. The number of carboxylic acids is 1. The van der Waals surface area contributed by atoms with E-state index in [1.807, 2.05) is 38.1 Å². The van der Waals surface area contributed by atoms with Gasteiger partial charge in [0, 0.05) is 12.0 Å². The lowest BCUT2D eigenvalue weighted by molar-refractivity contribution is -0.142. The van der Waals surface area contributed by atoms with Gasteiger partial charge < -0.3 is 20.5 Å². The molecule has 2 aromatic carbocycles. The van der Waals surface area contributed by atoms with Gasteiger partial charge >= 0.3 is 12.1 Å². The number of hydrogen-bond donors (Lipinski definition) is 3. The van der Waals surface area contributed by atoms with E-state index in [4.69, 9.17) is 4.74 Å². The number of amides is 2. The van der Waals surface area contributed by atoms with Gasteiger partial charge in [-0.05, 0) is 41.0 Å². The van der Waals surface area contributed by atoms with Crippen molar-refractivity contribution in [2.24, 2.45) is 11.8 Å². The zero-order valence-corrected chi connectivity index (χ0v) is 19.6. The van der Waals surface area contributed by atoms with E-state index in [1.54, 1.807) is 0 Å². The fraction of sp³-hybridized carbons (Fsp3) is 0.444. The van der Waals surface area contributed by atoms with Crippen molar-refractivity contribution in [3.63, 3.8) is 0 Å². The Hall–Kier alpha value is -3.35. The Morgan fingerprint density at radius 3 is 2.24 bits per heavy atom. The van der Waals surface area contributed by atoms with Gasteiger partial charge in [0.15, 0.2) is 0 Å². The molecule has 2 aliphatic carbocycles. The summed E-state index contributed by atoms with van der Waals surface area (Å²) in [6, 6.07) is 15.0. The number of fused-ring (bicyclic) bond motifs is 3. The molecule has 2 amide bonds. The van der Waals surface area contributed by atoms with E-state index in [9.17, 15) is 19.5 Å². The van der Waals surface area contributed by atoms with E-state index in [1.165, 1.54) is 0 Å². The van der Waals surface area contributed by atoms with E-state index in [0.29, 0.717) is 19.3 Å². The van der Waals surface area contributed by atoms with Gasteiger partial charge in [-0.25, -0.2) is 4.79 Å². The number of hydrogen-bond acceptors (Lipinski definition) is 4. The molecular weight excluding hydrogens is 432 g/mol. The Kier molecular flexibility index (Phi) is 7.20. The van der Waals surface area contributed by atoms with Crippen LogP contribution in [-0.2, 0) is 14.3 Å². The van der Waals surface area contributed by atoms with Gasteiger partial charge in [0.05, 0.1) is 5.92 Å². The van der Waals surface area contributed by atoms with Crippen molar-refractivity contribution < 1.29 is 24.2 Å². The predicted octanol–water partition coefficient (Wildman–Crippen LogP) is 4.31. The quantitative estimate of drug-likeness (QED) is 0.540. The number of rotatable bonds is 8. The second-order valence-electron chi connectivity index (χ2n) is 9.32. The normalized spacial score (nSPS) is 20.6. The van der Waals surface area contributed by atoms with Crippen LogP contribution < -0.4 is 10.6 Å². The molecule has 0 aliphatic heterocycles. The number of alkyl carbamates (subject to hydrolysis) is 1. The zero-order valence-electron chi connectivity index (χ0n) is 19.6. The number of aliphatic carboxylic acids is 1. The second kappa shape index (κ2) is 10.3. The fourth-order valence-electron chi connectivity index (χ4n) is 5.17. The first-order chi connectivity index (χ1) is 16.4. The number of benzene rings is 2. The molecule has 2 aliphatic rings. The molecule has 1 saturated carbocycles. The summed E-state index contributed by atoms with van der Waals surface area (Å²) in [5, 5.41) is 15.0. The Balaban J connectivity index is 1.41. The Labute approximate surface area is 199 Å². The Bertz CT molecular complexity index is 1020. The summed E-state index contributed by atoms with van der Waals surface area (Å²) in [4.78, 5) is 37.3. The molecule has 180 valence electrons. The minimum absolute atomic E-state index is 0.0659. The third kappa shape index (κ3) is 4.79. The van der Waals surface area contributed by atoms with Crippen LogP contribution in [0.25, 0.3) is 11.1 Å². The first-order valence-electron chi connectivity index (χ1n) is 12.0. The van der Waals surface area contributed by atoms with Crippen LogP contribution in [0.3, 0.4) is 0 Å². The maximum Gasteiger partial charge on any atom is 0.407 e. The molecule has 3 N–H and O–H groups in total. The third-order valence-corrected chi connectivity index (χ3v) is 7.27. The maximum atomic E-state index is 13.0. The average molecular weight is 465 g/mol. The standard InChI is InChI=1S/C27H32N2O5/c1-3-16(2)24(25(30)28-23-14-8-13-21(23)26(31)32)29-27(33)34-15-22-19-11-6-4-9-17(19)18-10-5-7-12-20(18)22/h4-7,9-12,16,21-24H,3,8,13-15H2,1-2H3,(H,28,30)(H,29,33)(H,31,32)/t16?,21-,23+,24+/m1/s1. The van der Waals surface area contributed by atoms with Crippen molar-refractivity contribution in [2.45, 2.75) is 57.5 Å². The molecule has 7 heteroatoms. The molecule has 4 rings (SSSR count). The highest BCUT2D eigenvalue weighted by Gasteiger charge is 2.37. The van der Waals surface area contributed by atoms with Gasteiger partial charge in [0.2, 0.25) is 5.91 Å². The van der Waals surface area contributed by atoms with Crippen molar-refractivity contribution >= 4 is 18.0 Å². The van der Waals surface area contributed by atoms with Crippen LogP contribution in [0.2, 0.25) is 0 Å². The van der Waals surface area contributed by atoms with Crippen molar-refractivity contribution in [2.75, 3.05) is 6.61 Å². The monoisotopic (exact) mass is 464 g/mol. The summed E-state index contributed by atoms with van der Waals surface area (Å²) in [7, 11) is 0. The van der Waals surface area contributed by atoms with E-state index in [0.717, 1.165) is 28.7 Å². The van der Waals surface area contributed by atoms with E-state index in [2.05, 4.69) is 34.9 Å². The van der Waals surface area contributed by atoms with Crippen LogP contribution in [0.5, 0.6) is 0 Å². The minimum Gasteiger partial charge on any atom is -0.481 e. The van der Waals surface area contributed by atoms with Gasteiger partial charge in [-0.3, -0.25) is 9.59 Å². The predicted molar refractivity (Wildman–Crippen MR) is 128 cm³/mol. The van der Waals surface area contributed by atoms with Crippen LogP contribution >= 0.6 is 0 Å². The lowest BCUT2D eigenvalue weighted by Gasteiger charge is -2.26. The molecule has 0 spiro atoms. The van der Waals surface area contributed by atoms with Crippen molar-refractivity contribution in [1.29, 1.82) is 0 Å². The topological polar surface area (TPSA) is 105 Å². The molecule has 1 unspecified atom stereocenters. The van der Waals surface area contributed by atoms with Gasteiger partial charge in [-0.2, -0.15) is 0 Å². The molecule has 34 heavy (non-hydrogen) atoms. The number of carbonyl (C=O) groups is 3. The molecule has 0 radical (unpaired) electrons. The number of carboxylic acid groups (broad SMARTS) is 1. The first kappa shape index (κ1) is 23.8. The lowest BCUT2D eigenvalue weighted by atomic mass is 9.97.